The van der Waals surface area contributed by atoms with Crippen LogP contribution in [0.2, 0.25) is 10.0 Å². The molecule has 0 N–H and O–H groups in total. The van der Waals surface area contributed by atoms with Crippen molar-refractivity contribution in [2.75, 3.05) is 31.2 Å². The van der Waals surface area contributed by atoms with Gasteiger partial charge in [0, 0.05) is 25.8 Å². The first kappa shape index (κ1) is 18.7. The summed E-state index contributed by atoms with van der Waals surface area (Å²) in [5.74, 6) is 0.358. The van der Waals surface area contributed by atoms with E-state index in [1.54, 1.807) is 6.92 Å². The summed E-state index contributed by atoms with van der Waals surface area (Å²) in [5, 5.41) is 0.182. The van der Waals surface area contributed by atoms with Crippen LogP contribution < -0.4 is 10.5 Å². The van der Waals surface area contributed by atoms with Crippen molar-refractivity contribution in [3.63, 3.8) is 0 Å². The van der Waals surface area contributed by atoms with Gasteiger partial charge in [-0.2, -0.15) is 0 Å². The molecule has 2 aliphatic rings. The number of halogens is 3. The fourth-order valence-corrected chi connectivity index (χ4v) is 4.38. The molecule has 27 heavy (non-hydrogen) atoms. The minimum atomic E-state index is -0.620. The summed E-state index contributed by atoms with van der Waals surface area (Å²) in [7, 11) is 0. The number of benzene rings is 1. The molecule has 5 nitrogen and oxygen atoms in total. The van der Waals surface area contributed by atoms with Gasteiger partial charge in [0.15, 0.2) is 0 Å². The van der Waals surface area contributed by atoms with Crippen molar-refractivity contribution in [2.45, 2.75) is 26.2 Å². The minimum Gasteiger partial charge on any atom is -0.381 e. The summed E-state index contributed by atoms with van der Waals surface area (Å²) in [6.45, 7) is 4.97. The van der Waals surface area contributed by atoms with Crippen molar-refractivity contribution in [2.24, 2.45) is 5.41 Å². The number of nitrogens with zero attached hydrogens (tertiary/aromatic N) is 3. The molecule has 2 aromatic rings. The number of hydrogen-bond acceptors (Lipinski definition) is 4. The van der Waals surface area contributed by atoms with Gasteiger partial charge in [-0.05, 0) is 43.7 Å². The zero-order valence-electron chi connectivity index (χ0n) is 15.0. The Morgan fingerprint density at radius 1 is 1.22 bits per heavy atom. The number of hydrogen-bond donors (Lipinski definition) is 0. The van der Waals surface area contributed by atoms with Crippen LogP contribution in [0.5, 0.6) is 0 Å². The lowest BCUT2D eigenvalue weighted by atomic mass is 9.78. The number of piperidine rings is 1. The van der Waals surface area contributed by atoms with E-state index in [2.05, 4.69) is 9.88 Å². The molecule has 1 aromatic carbocycles. The second kappa shape index (κ2) is 7.08. The van der Waals surface area contributed by atoms with Crippen molar-refractivity contribution < 1.29 is 9.13 Å². The van der Waals surface area contributed by atoms with E-state index in [0.717, 1.165) is 45.6 Å². The predicted molar refractivity (Wildman–Crippen MR) is 104 cm³/mol. The second-order valence-electron chi connectivity index (χ2n) is 7.32. The van der Waals surface area contributed by atoms with Crippen molar-refractivity contribution >= 4 is 29.0 Å². The van der Waals surface area contributed by atoms with Gasteiger partial charge in [-0.3, -0.25) is 9.36 Å². The molecule has 2 aliphatic heterocycles. The second-order valence-corrected chi connectivity index (χ2v) is 8.10. The Bertz CT molecular complexity index is 931. The predicted octanol–water partition coefficient (Wildman–Crippen LogP) is 3.99. The molecule has 144 valence electrons. The third kappa shape index (κ3) is 3.35. The monoisotopic (exact) mass is 411 g/mol. The fourth-order valence-electron chi connectivity index (χ4n) is 3.99. The molecule has 2 fully saturated rings. The van der Waals surface area contributed by atoms with Gasteiger partial charge in [-0.15, -0.1) is 0 Å². The van der Waals surface area contributed by atoms with Crippen LogP contribution in [0.25, 0.3) is 5.69 Å². The molecule has 0 saturated carbocycles. The number of aryl methyl sites for hydroxylation is 1. The van der Waals surface area contributed by atoms with E-state index >= 15 is 0 Å². The quantitative estimate of drug-likeness (QED) is 0.700. The van der Waals surface area contributed by atoms with Gasteiger partial charge in [0.1, 0.15) is 23.1 Å². The van der Waals surface area contributed by atoms with Gasteiger partial charge in [0.25, 0.3) is 5.56 Å². The van der Waals surface area contributed by atoms with Crippen molar-refractivity contribution in [1.29, 1.82) is 0 Å². The maximum absolute atomic E-state index is 14.3. The molecule has 0 aliphatic carbocycles. The molecule has 0 bridgehead atoms. The van der Waals surface area contributed by atoms with Gasteiger partial charge in [-0.25, -0.2) is 9.37 Å². The summed E-state index contributed by atoms with van der Waals surface area (Å²) in [5.41, 5.74) is -0.172. The normalized spacial score (nSPS) is 19.0. The minimum absolute atomic E-state index is 0.00226. The number of rotatable bonds is 2. The van der Waals surface area contributed by atoms with Crippen LogP contribution >= 0.6 is 23.2 Å². The largest absolute Gasteiger partial charge is 0.381 e. The molecule has 2 saturated heterocycles. The third-order valence-corrected chi connectivity index (χ3v) is 6.44. The van der Waals surface area contributed by atoms with E-state index < -0.39 is 5.82 Å². The van der Waals surface area contributed by atoms with Crippen molar-refractivity contribution in [3.05, 3.63) is 50.2 Å². The highest BCUT2D eigenvalue weighted by molar-refractivity contribution is 6.43. The molecule has 8 heteroatoms. The first-order valence-electron chi connectivity index (χ1n) is 8.97. The molecule has 0 atom stereocenters. The van der Waals surface area contributed by atoms with E-state index in [0.29, 0.717) is 11.6 Å². The Morgan fingerprint density at radius 3 is 2.59 bits per heavy atom. The third-order valence-electron chi connectivity index (χ3n) is 5.65. The van der Waals surface area contributed by atoms with Gasteiger partial charge in [0.2, 0.25) is 0 Å². The summed E-state index contributed by atoms with van der Waals surface area (Å²) in [4.78, 5) is 19.4. The highest BCUT2D eigenvalue weighted by Crippen LogP contribution is 2.39. The Labute approximate surface area is 166 Å². The molecule has 1 aromatic heterocycles. The average Bonchev–Trinajstić information content (AvgIpc) is 3.09. The summed E-state index contributed by atoms with van der Waals surface area (Å²) in [6, 6.07) is 3.99. The van der Waals surface area contributed by atoms with E-state index in [-0.39, 0.29) is 26.7 Å². The molecule has 0 radical (unpaired) electrons. The van der Waals surface area contributed by atoms with Crippen LogP contribution in [-0.4, -0.2) is 35.9 Å². The molecular weight excluding hydrogens is 392 g/mol. The van der Waals surface area contributed by atoms with E-state index in [1.165, 1.54) is 22.8 Å². The lowest BCUT2D eigenvalue weighted by molar-refractivity contribution is 0.133. The Kier molecular flexibility index (Phi) is 4.91. The smallest absolute Gasteiger partial charge is 0.260 e. The lowest BCUT2D eigenvalue weighted by Crippen LogP contribution is -2.41. The summed E-state index contributed by atoms with van der Waals surface area (Å²) >= 11 is 12.2. The van der Waals surface area contributed by atoms with Crippen molar-refractivity contribution in [3.8, 4) is 5.69 Å². The maximum Gasteiger partial charge on any atom is 0.260 e. The molecule has 1 spiro atoms. The first-order chi connectivity index (χ1) is 12.9. The number of ether oxygens (including phenoxy) is 1. The van der Waals surface area contributed by atoms with Gasteiger partial charge >= 0.3 is 0 Å². The highest BCUT2D eigenvalue weighted by atomic mass is 35.5. The van der Waals surface area contributed by atoms with E-state index in [9.17, 15) is 9.18 Å². The first-order valence-corrected chi connectivity index (χ1v) is 9.73. The van der Waals surface area contributed by atoms with Crippen LogP contribution in [-0.2, 0) is 4.74 Å². The van der Waals surface area contributed by atoms with Crippen LogP contribution in [0.4, 0.5) is 10.2 Å². The summed E-state index contributed by atoms with van der Waals surface area (Å²) < 4.78 is 21.1. The van der Waals surface area contributed by atoms with Gasteiger partial charge in [-0.1, -0.05) is 23.2 Å². The van der Waals surface area contributed by atoms with Gasteiger partial charge < -0.3 is 9.64 Å². The molecule has 0 amide bonds. The Morgan fingerprint density at radius 2 is 1.96 bits per heavy atom. The number of anilines is 1. The molecule has 0 unspecified atom stereocenters. The summed E-state index contributed by atoms with van der Waals surface area (Å²) in [6.07, 6.45) is 3.14. The zero-order valence-corrected chi connectivity index (χ0v) is 16.5. The molecule has 4 rings (SSSR count). The average molecular weight is 412 g/mol. The zero-order chi connectivity index (χ0) is 19.2. The Hall–Kier alpha value is -1.63. The topological polar surface area (TPSA) is 47.4 Å². The maximum atomic E-state index is 14.3. The van der Waals surface area contributed by atoms with E-state index in [4.69, 9.17) is 27.9 Å². The van der Waals surface area contributed by atoms with Gasteiger partial charge in [0.05, 0.1) is 16.7 Å². The fraction of sp³-hybridized carbons (Fsp3) is 0.474. The van der Waals surface area contributed by atoms with Crippen LogP contribution in [0.1, 0.15) is 25.1 Å². The highest BCUT2D eigenvalue weighted by Gasteiger charge is 2.38. The SMILES string of the molecule is Cc1nc(N2CCC3(CCOC3)CC2)cc(=O)n1-c1c(F)ccc(Cl)c1Cl. The standard InChI is InChI=1S/C19H20Cl2FN3O2/c1-12-23-15(24-7-4-19(5-8-24)6-9-27-11-19)10-16(26)25(12)18-14(22)3-2-13(20)17(18)21/h2-3,10H,4-9,11H2,1H3. The van der Waals surface area contributed by atoms with Crippen LogP contribution in [0.3, 0.4) is 0 Å². The van der Waals surface area contributed by atoms with Crippen LogP contribution in [0.15, 0.2) is 23.0 Å². The molecule has 3 heterocycles. The lowest BCUT2D eigenvalue weighted by Gasteiger charge is -2.38. The Balaban J connectivity index is 1.66. The molecular formula is C19H20Cl2FN3O2. The van der Waals surface area contributed by atoms with Crippen molar-refractivity contribution in [1.82, 2.24) is 9.55 Å². The van der Waals surface area contributed by atoms with Crippen LogP contribution in [0, 0.1) is 18.2 Å². The number of aromatic nitrogens is 2. The van der Waals surface area contributed by atoms with E-state index in [1.807, 2.05) is 0 Å².